The van der Waals surface area contributed by atoms with Crippen molar-refractivity contribution in [1.29, 1.82) is 0 Å². The number of rotatable bonds is 9. The molecule has 0 atom stereocenters. The Balaban J connectivity index is 2.31. The number of nitro groups is 1. The summed E-state index contributed by atoms with van der Waals surface area (Å²) in [7, 11) is -3.91. The quantitative estimate of drug-likeness (QED) is 0.372. The van der Waals surface area contributed by atoms with Gasteiger partial charge in [-0.25, -0.2) is 4.83 Å². The molecule has 28 heavy (non-hydrogen) atoms. The molecule has 1 N–H and O–H groups in total. The highest BCUT2D eigenvalue weighted by atomic mass is 35.5. The Bertz CT molecular complexity index is 977. The van der Waals surface area contributed by atoms with Crippen LogP contribution in [0, 0.1) is 10.1 Å². The smallest absolute Gasteiger partial charge is 0.315 e. The molecule has 0 fully saturated rings. The molecule has 0 bridgehead atoms. The van der Waals surface area contributed by atoms with Crippen molar-refractivity contribution >= 4 is 33.5 Å². The molecule has 0 aliphatic carbocycles. The summed E-state index contributed by atoms with van der Waals surface area (Å²) in [6.07, 6.45) is 1.14. The Hall–Kier alpha value is -2.85. The second-order valence-electron chi connectivity index (χ2n) is 5.30. The average Bonchev–Trinajstić information content (AvgIpc) is 2.64. The molecule has 0 radical (unpaired) electrons. The maximum Gasteiger partial charge on any atom is 0.315 e. The van der Waals surface area contributed by atoms with Crippen molar-refractivity contribution in [3.05, 3.63) is 57.1 Å². The summed E-state index contributed by atoms with van der Waals surface area (Å²) in [6.45, 7) is 3.90. The van der Waals surface area contributed by atoms with Gasteiger partial charge < -0.3 is 9.47 Å². The van der Waals surface area contributed by atoms with Crippen molar-refractivity contribution in [2.45, 2.75) is 18.7 Å². The summed E-state index contributed by atoms with van der Waals surface area (Å²) in [5.41, 5.74) is -0.0489. The van der Waals surface area contributed by atoms with Gasteiger partial charge in [-0.3, -0.25) is 10.1 Å². The fourth-order valence-electron chi connectivity index (χ4n) is 2.21. The molecule has 2 rings (SSSR count). The van der Waals surface area contributed by atoms with Gasteiger partial charge in [-0.05, 0) is 44.2 Å². The largest absolute Gasteiger partial charge is 0.490 e. The van der Waals surface area contributed by atoms with Gasteiger partial charge in [-0.1, -0.05) is 11.6 Å². The van der Waals surface area contributed by atoms with Gasteiger partial charge in [0.25, 0.3) is 10.0 Å². The zero-order valence-electron chi connectivity index (χ0n) is 15.1. The zero-order chi connectivity index (χ0) is 20.7. The molecule has 0 amide bonds. The van der Waals surface area contributed by atoms with E-state index in [0.717, 1.165) is 6.21 Å². The molecule has 0 saturated heterocycles. The lowest BCUT2D eigenvalue weighted by Crippen LogP contribution is -2.18. The molecule has 0 heterocycles. The SMILES string of the molecule is CCOc1cc(/C=N/NS(=O)(=O)c2ccc(Cl)cc2)cc([N+](=O)[O-])c1OCC. The third-order valence-corrected chi connectivity index (χ3v) is 4.84. The first-order chi connectivity index (χ1) is 13.3. The molecule has 0 aliphatic rings. The Morgan fingerprint density at radius 2 is 1.82 bits per heavy atom. The number of hydrogen-bond donors (Lipinski definition) is 1. The van der Waals surface area contributed by atoms with Gasteiger partial charge in [0, 0.05) is 16.7 Å². The predicted molar refractivity (Wildman–Crippen MR) is 105 cm³/mol. The summed E-state index contributed by atoms with van der Waals surface area (Å²) in [6, 6.07) is 8.22. The minimum atomic E-state index is -3.91. The summed E-state index contributed by atoms with van der Waals surface area (Å²) < 4.78 is 35.1. The molecule has 2 aromatic rings. The van der Waals surface area contributed by atoms with Gasteiger partial charge in [0.2, 0.25) is 5.75 Å². The number of ether oxygens (including phenoxy) is 2. The summed E-state index contributed by atoms with van der Waals surface area (Å²) in [5.74, 6) is 0.175. The van der Waals surface area contributed by atoms with E-state index in [2.05, 4.69) is 5.10 Å². The van der Waals surface area contributed by atoms with E-state index in [1.165, 1.54) is 36.4 Å². The van der Waals surface area contributed by atoms with E-state index in [4.69, 9.17) is 21.1 Å². The number of nitrogens with zero attached hydrogens (tertiary/aromatic N) is 2. The van der Waals surface area contributed by atoms with Gasteiger partial charge in [0.05, 0.1) is 29.2 Å². The lowest BCUT2D eigenvalue weighted by Gasteiger charge is -2.11. The van der Waals surface area contributed by atoms with E-state index in [0.29, 0.717) is 5.02 Å². The van der Waals surface area contributed by atoms with E-state index < -0.39 is 14.9 Å². The van der Waals surface area contributed by atoms with Crippen molar-refractivity contribution in [1.82, 2.24) is 4.83 Å². The number of nitro benzene ring substituents is 1. The van der Waals surface area contributed by atoms with Crippen molar-refractivity contribution in [2.75, 3.05) is 13.2 Å². The summed E-state index contributed by atoms with van der Waals surface area (Å²) in [4.78, 5) is 12.8. The molecule has 0 aliphatic heterocycles. The lowest BCUT2D eigenvalue weighted by molar-refractivity contribution is -0.385. The molecule has 9 nitrogen and oxygen atoms in total. The molecule has 0 saturated carbocycles. The van der Waals surface area contributed by atoms with Crippen LogP contribution in [-0.4, -0.2) is 32.8 Å². The Labute approximate surface area is 167 Å². The van der Waals surface area contributed by atoms with Crippen LogP contribution in [0.4, 0.5) is 5.69 Å². The van der Waals surface area contributed by atoms with Crippen molar-refractivity contribution in [2.24, 2.45) is 5.10 Å². The van der Waals surface area contributed by atoms with Crippen LogP contribution in [0.5, 0.6) is 11.5 Å². The van der Waals surface area contributed by atoms with Gasteiger partial charge in [0.1, 0.15) is 0 Å². The molecule has 150 valence electrons. The highest BCUT2D eigenvalue weighted by Crippen LogP contribution is 2.38. The van der Waals surface area contributed by atoms with E-state index >= 15 is 0 Å². The first kappa shape index (κ1) is 21.5. The Morgan fingerprint density at radius 3 is 2.39 bits per heavy atom. The molecule has 0 spiro atoms. The Kier molecular flexibility index (Phi) is 7.18. The van der Waals surface area contributed by atoms with Crippen LogP contribution in [0.1, 0.15) is 19.4 Å². The average molecular weight is 428 g/mol. The van der Waals surface area contributed by atoms with Crippen LogP contribution in [0.25, 0.3) is 0 Å². The molecule has 2 aromatic carbocycles. The Morgan fingerprint density at radius 1 is 1.18 bits per heavy atom. The second kappa shape index (κ2) is 9.38. The third-order valence-electron chi connectivity index (χ3n) is 3.35. The van der Waals surface area contributed by atoms with Crippen LogP contribution in [0.15, 0.2) is 46.4 Å². The fourth-order valence-corrected chi connectivity index (χ4v) is 3.12. The number of benzene rings is 2. The highest BCUT2D eigenvalue weighted by molar-refractivity contribution is 7.89. The maximum atomic E-state index is 12.2. The van der Waals surface area contributed by atoms with Crippen LogP contribution in [0.3, 0.4) is 0 Å². The van der Waals surface area contributed by atoms with Crippen LogP contribution in [0.2, 0.25) is 5.02 Å². The molecule has 0 aromatic heterocycles. The minimum Gasteiger partial charge on any atom is -0.490 e. The topological polar surface area (TPSA) is 120 Å². The number of sulfonamides is 1. The number of halogens is 1. The van der Waals surface area contributed by atoms with Crippen LogP contribution < -0.4 is 14.3 Å². The van der Waals surface area contributed by atoms with E-state index in [-0.39, 0.29) is 40.9 Å². The number of hydrogen-bond acceptors (Lipinski definition) is 7. The van der Waals surface area contributed by atoms with E-state index in [9.17, 15) is 18.5 Å². The maximum absolute atomic E-state index is 12.2. The van der Waals surface area contributed by atoms with Gasteiger partial charge >= 0.3 is 5.69 Å². The van der Waals surface area contributed by atoms with Crippen molar-refractivity contribution < 1.29 is 22.8 Å². The number of nitrogens with one attached hydrogen (secondary N) is 1. The number of hydrazone groups is 1. The first-order valence-corrected chi connectivity index (χ1v) is 10.0. The van der Waals surface area contributed by atoms with E-state index in [1.807, 2.05) is 4.83 Å². The van der Waals surface area contributed by atoms with Crippen molar-refractivity contribution in [3.8, 4) is 11.5 Å². The fraction of sp³-hybridized carbons (Fsp3) is 0.235. The molecular weight excluding hydrogens is 410 g/mol. The standard InChI is InChI=1S/C17H18ClN3O6S/c1-3-26-16-10-12(9-15(21(22)23)17(16)27-4-2)11-19-20-28(24,25)14-7-5-13(18)6-8-14/h5-11,20H,3-4H2,1-2H3/b19-11+. The first-order valence-electron chi connectivity index (χ1n) is 8.17. The monoisotopic (exact) mass is 427 g/mol. The van der Waals surface area contributed by atoms with Crippen LogP contribution >= 0.6 is 11.6 Å². The predicted octanol–water partition coefficient (Wildman–Crippen LogP) is 3.36. The van der Waals surface area contributed by atoms with Crippen molar-refractivity contribution in [3.63, 3.8) is 0 Å². The molecule has 11 heteroatoms. The molecular formula is C17H18ClN3O6S. The summed E-state index contributed by atoms with van der Waals surface area (Å²) in [5, 5.41) is 15.4. The van der Waals surface area contributed by atoms with Crippen LogP contribution in [-0.2, 0) is 10.0 Å². The normalized spacial score (nSPS) is 11.4. The third kappa shape index (κ3) is 5.33. The second-order valence-corrected chi connectivity index (χ2v) is 7.39. The minimum absolute atomic E-state index is 0.00763. The van der Waals surface area contributed by atoms with E-state index in [1.54, 1.807) is 13.8 Å². The summed E-state index contributed by atoms with van der Waals surface area (Å²) >= 11 is 5.74. The van der Waals surface area contributed by atoms with Gasteiger partial charge in [-0.15, -0.1) is 0 Å². The molecule has 0 unspecified atom stereocenters. The zero-order valence-corrected chi connectivity index (χ0v) is 16.7. The highest BCUT2D eigenvalue weighted by Gasteiger charge is 2.22. The van der Waals surface area contributed by atoms with Gasteiger partial charge in [0.15, 0.2) is 5.75 Å². The van der Waals surface area contributed by atoms with Gasteiger partial charge in [-0.2, -0.15) is 13.5 Å². The lowest BCUT2D eigenvalue weighted by atomic mass is 10.2.